The van der Waals surface area contributed by atoms with Crippen LogP contribution in [0, 0.1) is 0 Å². The number of rotatable bonds is 15. The first-order chi connectivity index (χ1) is 22.5. The quantitative estimate of drug-likeness (QED) is 0.0876. The lowest BCUT2D eigenvalue weighted by Gasteiger charge is -2.25. The molecule has 3 amide bonds. The average molecular weight is 645 g/mol. The summed E-state index contributed by atoms with van der Waals surface area (Å²) in [5.41, 5.74) is 8.40. The molecule has 0 fully saturated rings. The second-order valence-corrected chi connectivity index (χ2v) is 11.0. The van der Waals surface area contributed by atoms with E-state index in [-0.39, 0.29) is 42.9 Å². The van der Waals surface area contributed by atoms with E-state index in [0.29, 0.717) is 22.4 Å². The van der Waals surface area contributed by atoms with Gasteiger partial charge in [-0.3, -0.25) is 14.4 Å². The van der Waals surface area contributed by atoms with Gasteiger partial charge in [0.25, 0.3) is 0 Å². The highest BCUT2D eigenvalue weighted by Gasteiger charge is 2.31. The maximum absolute atomic E-state index is 13.8. The van der Waals surface area contributed by atoms with Crippen molar-refractivity contribution in [1.29, 1.82) is 0 Å². The molecule has 0 saturated heterocycles. The monoisotopic (exact) mass is 644 g/mol. The number of nitrogens with one attached hydrogen (secondary N) is 4. The molecule has 0 aliphatic rings. The summed E-state index contributed by atoms with van der Waals surface area (Å²) >= 11 is 0. The number of phenolic OH excluding ortho intramolecular Hbond substituents is 3. The zero-order valence-electron chi connectivity index (χ0n) is 25.2. The van der Waals surface area contributed by atoms with E-state index in [1.54, 1.807) is 24.3 Å². The van der Waals surface area contributed by atoms with Crippen molar-refractivity contribution in [1.82, 2.24) is 25.9 Å². The molecule has 3 aromatic carbocycles. The third kappa shape index (κ3) is 10.3. The number of imidazole rings is 1. The molecule has 4 atom stereocenters. The van der Waals surface area contributed by atoms with Crippen LogP contribution in [0.2, 0.25) is 0 Å². The fraction of sp³-hybridized carbons (Fsp3) is 0.242. The number of nitrogens with zero attached hydrogens (tertiary/aromatic N) is 1. The number of carbonyl (C=O) groups is 4. The molecule has 4 rings (SSSR count). The van der Waals surface area contributed by atoms with Crippen molar-refractivity contribution in [3.8, 4) is 17.2 Å². The molecule has 47 heavy (non-hydrogen) atoms. The maximum Gasteiger partial charge on any atom is 0.326 e. The van der Waals surface area contributed by atoms with Crippen LogP contribution < -0.4 is 21.7 Å². The number of carboxylic acids is 1. The highest BCUT2D eigenvalue weighted by Crippen LogP contribution is 2.15. The smallest absolute Gasteiger partial charge is 0.326 e. The Labute approximate surface area is 269 Å². The van der Waals surface area contributed by atoms with Crippen LogP contribution in [0.3, 0.4) is 0 Å². The van der Waals surface area contributed by atoms with E-state index in [1.165, 1.54) is 61.1 Å². The Morgan fingerprint density at radius 1 is 0.617 bits per heavy atom. The molecule has 4 unspecified atom stereocenters. The highest BCUT2D eigenvalue weighted by molar-refractivity contribution is 5.94. The van der Waals surface area contributed by atoms with Crippen LogP contribution in [-0.4, -0.2) is 78.3 Å². The molecule has 14 heteroatoms. The van der Waals surface area contributed by atoms with Crippen LogP contribution in [0.1, 0.15) is 22.4 Å². The topological polar surface area (TPSA) is 240 Å². The molecule has 1 aromatic heterocycles. The molecule has 0 saturated carbocycles. The molecule has 14 nitrogen and oxygen atoms in total. The van der Waals surface area contributed by atoms with Crippen molar-refractivity contribution in [2.75, 3.05) is 0 Å². The second kappa shape index (κ2) is 15.9. The molecule has 0 aliphatic heterocycles. The number of benzene rings is 3. The molecule has 0 aliphatic carbocycles. The van der Waals surface area contributed by atoms with Crippen molar-refractivity contribution < 1.29 is 39.6 Å². The molecule has 246 valence electrons. The number of amides is 3. The zero-order valence-corrected chi connectivity index (χ0v) is 25.2. The number of H-pyrrole nitrogens is 1. The lowest BCUT2D eigenvalue weighted by molar-refractivity contribution is -0.142. The largest absolute Gasteiger partial charge is 0.508 e. The first-order valence-corrected chi connectivity index (χ1v) is 14.7. The Bertz CT molecular complexity index is 1640. The summed E-state index contributed by atoms with van der Waals surface area (Å²) in [5.74, 6) is -3.51. The normalized spacial score (nSPS) is 13.5. The molecule has 0 spiro atoms. The van der Waals surface area contributed by atoms with E-state index >= 15 is 0 Å². The van der Waals surface area contributed by atoms with Gasteiger partial charge in [-0.2, -0.15) is 0 Å². The van der Waals surface area contributed by atoms with Crippen LogP contribution in [0.25, 0.3) is 0 Å². The van der Waals surface area contributed by atoms with Gasteiger partial charge in [0.15, 0.2) is 0 Å². The van der Waals surface area contributed by atoms with Crippen molar-refractivity contribution in [2.24, 2.45) is 5.73 Å². The fourth-order valence-electron chi connectivity index (χ4n) is 4.77. The van der Waals surface area contributed by atoms with Crippen molar-refractivity contribution in [2.45, 2.75) is 49.9 Å². The van der Waals surface area contributed by atoms with E-state index in [9.17, 15) is 39.6 Å². The Morgan fingerprint density at radius 3 is 1.38 bits per heavy atom. The standard InChI is InChI=1S/C33H36N6O8/c34-26(16-22-17-35-18-36-22)30(43)37-27(13-19-1-7-23(40)8-2-19)31(44)38-28(14-20-3-9-24(41)10-4-20)32(45)39-29(33(46)47)15-21-5-11-25(42)12-6-21/h1-12,17-18,26-29,40-42H,13-16,34H2,(H,35,36)(H,37,43)(H,38,44)(H,39,45)(H,46,47). The van der Waals surface area contributed by atoms with E-state index in [2.05, 4.69) is 25.9 Å². The third-order valence-electron chi connectivity index (χ3n) is 7.34. The maximum atomic E-state index is 13.8. The minimum Gasteiger partial charge on any atom is -0.508 e. The van der Waals surface area contributed by atoms with Gasteiger partial charge < -0.3 is 47.1 Å². The summed E-state index contributed by atoms with van der Waals surface area (Å²) < 4.78 is 0. The number of aromatic nitrogens is 2. The van der Waals surface area contributed by atoms with Gasteiger partial charge in [-0.1, -0.05) is 36.4 Å². The molecule has 1 heterocycles. The van der Waals surface area contributed by atoms with Gasteiger partial charge in [0.05, 0.1) is 12.4 Å². The summed E-state index contributed by atoms with van der Waals surface area (Å²) in [7, 11) is 0. The fourth-order valence-corrected chi connectivity index (χ4v) is 4.77. The van der Waals surface area contributed by atoms with Crippen molar-refractivity contribution >= 4 is 23.7 Å². The summed E-state index contributed by atoms with van der Waals surface area (Å²) in [6, 6.07) is 12.8. The van der Waals surface area contributed by atoms with Crippen LogP contribution in [0.4, 0.5) is 0 Å². The summed E-state index contributed by atoms with van der Waals surface area (Å²) in [5, 5.41) is 46.7. The SMILES string of the molecule is NC(Cc1cnc[nH]1)C(=O)NC(Cc1ccc(O)cc1)C(=O)NC(Cc1ccc(O)cc1)C(=O)NC(Cc1ccc(O)cc1)C(=O)O. The molecule has 4 aromatic rings. The first-order valence-electron chi connectivity index (χ1n) is 14.7. The number of phenols is 3. The number of carbonyl (C=O) groups excluding carboxylic acids is 3. The van der Waals surface area contributed by atoms with E-state index in [0.717, 1.165) is 0 Å². The Kier molecular flexibility index (Phi) is 11.5. The van der Waals surface area contributed by atoms with Gasteiger partial charge >= 0.3 is 5.97 Å². The van der Waals surface area contributed by atoms with Crippen molar-refractivity contribution in [3.05, 3.63) is 108 Å². The predicted octanol–water partition coefficient (Wildman–Crippen LogP) is 0.663. The number of aromatic amines is 1. The Morgan fingerprint density at radius 2 is 1.00 bits per heavy atom. The van der Waals surface area contributed by atoms with Crippen LogP contribution in [0.15, 0.2) is 85.3 Å². The summed E-state index contributed by atoms with van der Waals surface area (Å²) in [4.78, 5) is 59.4. The van der Waals surface area contributed by atoms with Crippen LogP contribution in [-0.2, 0) is 44.9 Å². The first kappa shape index (κ1) is 34.0. The van der Waals surface area contributed by atoms with Gasteiger partial charge in [0, 0.05) is 37.6 Å². The zero-order chi connectivity index (χ0) is 33.9. The average Bonchev–Trinajstić information content (AvgIpc) is 3.56. The molecule has 0 bridgehead atoms. The number of nitrogens with two attached hydrogens (primary N) is 1. The molecule has 10 N–H and O–H groups in total. The predicted molar refractivity (Wildman–Crippen MR) is 169 cm³/mol. The number of aromatic hydroxyl groups is 3. The Hall–Kier alpha value is -5.89. The second-order valence-electron chi connectivity index (χ2n) is 11.0. The van der Waals surface area contributed by atoms with Gasteiger partial charge in [-0.25, -0.2) is 9.78 Å². The number of carboxylic acid groups (broad SMARTS) is 1. The summed E-state index contributed by atoms with van der Waals surface area (Å²) in [6.45, 7) is 0. The minimum atomic E-state index is -1.38. The number of hydrogen-bond donors (Lipinski definition) is 9. The van der Waals surface area contributed by atoms with Crippen LogP contribution in [0.5, 0.6) is 17.2 Å². The van der Waals surface area contributed by atoms with E-state index < -0.39 is 47.9 Å². The molecule has 0 radical (unpaired) electrons. The van der Waals surface area contributed by atoms with Crippen LogP contribution >= 0.6 is 0 Å². The molecular formula is C33H36N6O8. The lowest BCUT2D eigenvalue weighted by atomic mass is 10.0. The highest BCUT2D eigenvalue weighted by atomic mass is 16.4. The van der Waals surface area contributed by atoms with E-state index in [4.69, 9.17) is 5.73 Å². The van der Waals surface area contributed by atoms with E-state index in [1.807, 2.05) is 0 Å². The Balaban J connectivity index is 1.56. The van der Waals surface area contributed by atoms with Gasteiger partial charge in [0.1, 0.15) is 35.4 Å². The van der Waals surface area contributed by atoms with Crippen molar-refractivity contribution in [3.63, 3.8) is 0 Å². The number of aliphatic carboxylic acids is 1. The summed E-state index contributed by atoms with van der Waals surface area (Å²) in [6.07, 6.45) is 2.87. The lowest BCUT2D eigenvalue weighted by Crippen LogP contribution is -2.58. The minimum absolute atomic E-state index is 0.00227. The van der Waals surface area contributed by atoms with Gasteiger partial charge in [-0.05, 0) is 53.1 Å². The van der Waals surface area contributed by atoms with Gasteiger partial charge in [0.2, 0.25) is 17.7 Å². The molecular weight excluding hydrogens is 608 g/mol. The van der Waals surface area contributed by atoms with Gasteiger partial charge in [-0.15, -0.1) is 0 Å². The number of hydrogen-bond acceptors (Lipinski definition) is 9. The third-order valence-corrected chi connectivity index (χ3v) is 7.34.